The van der Waals surface area contributed by atoms with Gasteiger partial charge in [0.15, 0.2) is 0 Å². The Balaban J connectivity index is 2.16. The summed E-state index contributed by atoms with van der Waals surface area (Å²) in [6.07, 6.45) is 2.62. The topological polar surface area (TPSA) is 23.5 Å². The summed E-state index contributed by atoms with van der Waals surface area (Å²) in [5, 5.41) is 9.56. The number of aromatic hydroxyl groups is 1. The molecule has 3 atom stereocenters. The fourth-order valence-electron chi connectivity index (χ4n) is 2.89. The zero-order valence-corrected chi connectivity index (χ0v) is 11.1. The first-order valence-corrected chi connectivity index (χ1v) is 6.64. The Morgan fingerprint density at radius 1 is 1.35 bits per heavy atom. The zero-order chi connectivity index (χ0) is 12.4. The van der Waals surface area contributed by atoms with E-state index in [9.17, 15) is 5.11 Å². The van der Waals surface area contributed by atoms with Crippen molar-refractivity contribution in [2.45, 2.75) is 45.7 Å². The maximum atomic E-state index is 9.56. The van der Waals surface area contributed by atoms with Crippen LogP contribution in [0.15, 0.2) is 24.3 Å². The van der Waals surface area contributed by atoms with E-state index in [0.29, 0.717) is 17.8 Å². The van der Waals surface area contributed by atoms with Gasteiger partial charge in [-0.2, -0.15) is 0 Å². The van der Waals surface area contributed by atoms with Gasteiger partial charge in [-0.1, -0.05) is 19.1 Å². The molecule has 2 rings (SSSR count). The molecule has 1 aromatic rings. The summed E-state index contributed by atoms with van der Waals surface area (Å²) in [6.45, 7) is 8.07. The molecule has 0 spiro atoms. The van der Waals surface area contributed by atoms with Gasteiger partial charge >= 0.3 is 0 Å². The van der Waals surface area contributed by atoms with E-state index in [1.807, 2.05) is 12.1 Å². The van der Waals surface area contributed by atoms with Crippen LogP contribution >= 0.6 is 0 Å². The highest BCUT2D eigenvalue weighted by Gasteiger charge is 2.28. The lowest BCUT2D eigenvalue weighted by Gasteiger charge is -2.42. The minimum Gasteiger partial charge on any atom is -0.508 e. The van der Waals surface area contributed by atoms with E-state index in [-0.39, 0.29) is 0 Å². The first-order valence-electron chi connectivity index (χ1n) is 6.64. The van der Waals surface area contributed by atoms with Crippen LogP contribution < -0.4 is 0 Å². The highest BCUT2D eigenvalue weighted by atomic mass is 16.3. The maximum Gasteiger partial charge on any atom is 0.115 e. The normalized spacial score (nSPS) is 27.9. The third-order valence-electron chi connectivity index (χ3n) is 4.27. The highest BCUT2D eigenvalue weighted by molar-refractivity contribution is 5.29. The standard InChI is InChI=1S/C15H23NO/c1-11-6-5-9-16(12(11)2)13(3)14-7-4-8-15(17)10-14/h4,7-8,10-13,17H,5-6,9H2,1-3H3. The molecule has 17 heavy (non-hydrogen) atoms. The van der Waals surface area contributed by atoms with Crippen molar-refractivity contribution < 1.29 is 5.11 Å². The van der Waals surface area contributed by atoms with E-state index < -0.39 is 0 Å². The summed E-state index contributed by atoms with van der Waals surface area (Å²) in [5.41, 5.74) is 1.21. The van der Waals surface area contributed by atoms with Crippen LogP contribution in [0.25, 0.3) is 0 Å². The minimum atomic E-state index is 0.368. The molecule has 0 amide bonds. The lowest BCUT2D eigenvalue weighted by molar-refractivity contribution is 0.0752. The fraction of sp³-hybridized carbons (Fsp3) is 0.600. The zero-order valence-electron chi connectivity index (χ0n) is 11.1. The molecular formula is C15H23NO. The summed E-state index contributed by atoms with van der Waals surface area (Å²) in [5.74, 6) is 1.13. The lowest BCUT2D eigenvalue weighted by Crippen LogP contribution is -2.43. The van der Waals surface area contributed by atoms with E-state index in [4.69, 9.17) is 0 Å². The van der Waals surface area contributed by atoms with Crippen molar-refractivity contribution in [3.05, 3.63) is 29.8 Å². The summed E-state index contributed by atoms with van der Waals surface area (Å²) in [7, 11) is 0. The van der Waals surface area contributed by atoms with Crippen LogP contribution in [0, 0.1) is 5.92 Å². The maximum absolute atomic E-state index is 9.56. The van der Waals surface area contributed by atoms with Gasteiger partial charge in [0.05, 0.1) is 0 Å². The Hall–Kier alpha value is -1.02. The number of hydrogen-bond acceptors (Lipinski definition) is 2. The monoisotopic (exact) mass is 233 g/mol. The average Bonchev–Trinajstić information content (AvgIpc) is 2.32. The van der Waals surface area contributed by atoms with E-state index in [2.05, 4.69) is 31.7 Å². The quantitative estimate of drug-likeness (QED) is 0.844. The van der Waals surface area contributed by atoms with Gasteiger partial charge in [0.25, 0.3) is 0 Å². The number of piperidine rings is 1. The molecule has 0 radical (unpaired) electrons. The van der Waals surface area contributed by atoms with Crippen molar-refractivity contribution in [1.82, 2.24) is 4.90 Å². The number of hydrogen-bond donors (Lipinski definition) is 1. The van der Waals surface area contributed by atoms with E-state index >= 15 is 0 Å². The Morgan fingerprint density at radius 3 is 2.82 bits per heavy atom. The second-order valence-electron chi connectivity index (χ2n) is 5.37. The fourth-order valence-corrected chi connectivity index (χ4v) is 2.89. The lowest BCUT2D eigenvalue weighted by atomic mass is 9.90. The number of benzene rings is 1. The first-order chi connectivity index (χ1) is 8.09. The van der Waals surface area contributed by atoms with Crippen LogP contribution in [0.1, 0.15) is 45.2 Å². The van der Waals surface area contributed by atoms with Crippen molar-refractivity contribution in [3.8, 4) is 5.75 Å². The molecule has 1 fully saturated rings. The molecule has 2 heteroatoms. The molecule has 1 heterocycles. The van der Waals surface area contributed by atoms with Crippen LogP contribution in [0.5, 0.6) is 5.75 Å². The highest BCUT2D eigenvalue weighted by Crippen LogP contribution is 2.31. The third kappa shape index (κ3) is 2.63. The van der Waals surface area contributed by atoms with Crippen molar-refractivity contribution in [1.29, 1.82) is 0 Å². The summed E-state index contributed by atoms with van der Waals surface area (Å²) in [4.78, 5) is 2.56. The Labute approximate surface area is 104 Å². The molecule has 0 saturated carbocycles. The summed E-state index contributed by atoms with van der Waals surface area (Å²) in [6, 6.07) is 8.67. The molecule has 94 valence electrons. The second-order valence-corrected chi connectivity index (χ2v) is 5.37. The van der Waals surface area contributed by atoms with Crippen LogP contribution in [-0.4, -0.2) is 22.6 Å². The van der Waals surface area contributed by atoms with Gasteiger partial charge < -0.3 is 5.11 Å². The van der Waals surface area contributed by atoms with Crippen molar-refractivity contribution in [2.24, 2.45) is 5.92 Å². The summed E-state index contributed by atoms with van der Waals surface area (Å²) < 4.78 is 0. The summed E-state index contributed by atoms with van der Waals surface area (Å²) >= 11 is 0. The molecule has 0 bridgehead atoms. The van der Waals surface area contributed by atoms with Crippen molar-refractivity contribution in [3.63, 3.8) is 0 Å². The van der Waals surface area contributed by atoms with E-state index in [1.54, 1.807) is 6.07 Å². The first kappa shape index (κ1) is 12.4. The molecule has 2 nitrogen and oxygen atoms in total. The molecule has 1 N–H and O–H groups in total. The molecular weight excluding hydrogens is 210 g/mol. The van der Waals surface area contributed by atoms with Gasteiger partial charge in [0, 0.05) is 12.1 Å². The van der Waals surface area contributed by atoms with Crippen LogP contribution in [0.3, 0.4) is 0 Å². The van der Waals surface area contributed by atoms with Crippen molar-refractivity contribution in [2.75, 3.05) is 6.54 Å². The Kier molecular flexibility index (Phi) is 3.72. The third-order valence-corrected chi connectivity index (χ3v) is 4.27. The van der Waals surface area contributed by atoms with Gasteiger partial charge in [-0.25, -0.2) is 0 Å². The van der Waals surface area contributed by atoms with Crippen LogP contribution in [0.2, 0.25) is 0 Å². The number of nitrogens with zero attached hydrogens (tertiary/aromatic N) is 1. The van der Waals surface area contributed by atoms with Gasteiger partial charge in [-0.15, -0.1) is 0 Å². The van der Waals surface area contributed by atoms with Crippen LogP contribution in [-0.2, 0) is 0 Å². The number of rotatable bonds is 2. The molecule has 0 aromatic heterocycles. The second kappa shape index (κ2) is 5.09. The Bertz CT molecular complexity index is 377. The molecule has 1 saturated heterocycles. The number of phenolic OH excluding ortho intramolecular Hbond substituents is 1. The molecule has 1 aromatic carbocycles. The Morgan fingerprint density at radius 2 is 2.12 bits per heavy atom. The molecule has 1 aliphatic rings. The van der Waals surface area contributed by atoms with Gasteiger partial charge in [0.1, 0.15) is 5.75 Å². The van der Waals surface area contributed by atoms with Crippen LogP contribution in [0.4, 0.5) is 0 Å². The predicted octanol–water partition coefficient (Wildman–Crippen LogP) is 3.57. The van der Waals surface area contributed by atoms with Gasteiger partial charge in [-0.3, -0.25) is 4.90 Å². The number of phenols is 1. The predicted molar refractivity (Wildman–Crippen MR) is 71.1 cm³/mol. The smallest absolute Gasteiger partial charge is 0.115 e. The van der Waals surface area contributed by atoms with Gasteiger partial charge in [-0.05, 0) is 56.8 Å². The molecule has 1 aliphatic heterocycles. The minimum absolute atomic E-state index is 0.368. The van der Waals surface area contributed by atoms with E-state index in [0.717, 1.165) is 5.92 Å². The molecule has 0 aliphatic carbocycles. The molecule has 3 unspecified atom stereocenters. The largest absolute Gasteiger partial charge is 0.508 e. The van der Waals surface area contributed by atoms with Crippen molar-refractivity contribution >= 4 is 0 Å². The number of likely N-dealkylation sites (tertiary alicyclic amines) is 1. The van der Waals surface area contributed by atoms with Gasteiger partial charge in [0.2, 0.25) is 0 Å². The SMILES string of the molecule is CC1CCCN(C(C)c2cccc(O)c2)C1C. The van der Waals surface area contributed by atoms with E-state index in [1.165, 1.54) is 24.9 Å². The average molecular weight is 233 g/mol.